The maximum absolute atomic E-state index is 8.80. The van der Waals surface area contributed by atoms with Crippen LogP contribution in [0.5, 0.6) is 0 Å². The lowest BCUT2D eigenvalue weighted by molar-refractivity contribution is 0.411. The second-order valence-electron chi connectivity index (χ2n) is 4.68. The molecule has 1 aromatic rings. The molecule has 1 fully saturated rings. The van der Waals surface area contributed by atoms with E-state index in [0.29, 0.717) is 16.4 Å². The van der Waals surface area contributed by atoms with Gasteiger partial charge in [-0.2, -0.15) is 17.0 Å². The van der Waals surface area contributed by atoms with Gasteiger partial charge >= 0.3 is 0 Å². The van der Waals surface area contributed by atoms with Crippen molar-refractivity contribution in [3.8, 4) is 6.07 Å². The molecule has 0 radical (unpaired) electrons. The predicted molar refractivity (Wildman–Crippen MR) is 74.6 cm³/mol. The van der Waals surface area contributed by atoms with E-state index < -0.39 is 0 Å². The Hall–Kier alpha value is -1.28. The van der Waals surface area contributed by atoms with Crippen molar-refractivity contribution in [3.05, 3.63) is 18.0 Å². The molecule has 1 aliphatic rings. The predicted octanol–water partition coefficient (Wildman–Crippen LogP) is 2.83. The van der Waals surface area contributed by atoms with E-state index in [2.05, 4.69) is 21.5 Å². The molecule has 1 saturated carbocycles. The summed E-state index contributed by atoms with van der Waals surface area (Å²) < 4.78 is 0.310. The summed E-state index contributed by atoms with van der Waals surface area (Å²) in [5.41, 5.74) is 0.411. The molecular weight excluding hydrogens is 244 g/mol. The van der Waals surface area contributed by atoms with Crippen molar-refractivity contribution in [1.82, 2.24) is 9.97 Å². The Kier molecular flexibility index (Phi) is 4.43. The van der Waals surface area contributed by atoms with Gasteiger partial charge in [-0.1, -0.05) is 19.3 Å². The minimum atomic E-state index is 0.310. The van der Waals surface area contributed by atoms with E-state index in [-0.39, 0.29) is 0 Å². The minimum absolute atomic E-state index is 0.310. The fraction of sp³-hybridized carbons (Fsp3) is 0.615. The molecule has 0 aliphatic heterocycles. The summed E-state index contributed by atoms with van der Waals surface area (Å²) in [6.07, 6.45) is 10.3. The highest BCUT2D eigenvalue weighted by Crippen LogP contribution is 2.38. The summed E-state index contributed by atoms with van der Waals surface area (Å²) in [7, 11) is 0. The molecule has 1 heterocycles. The molecule has 0 amide bonds. The highest BCUT2D eigenvalue weighted by Gasteiger charge is 2.30. The average molecular weight is 262 g/mol. The molecule has 96 valence electrons. The van der Waals surface area contributed by atoms with Gasteiger partial charge in [-0.05, 0) is 25.2 Å². The van der Waals surface area contributed by atoms with Crippen molar-refractivity contribution in [2.75, 3.05) is 18.1 Å². The van der Waals surface area contributed by atoms with Crippen LogP contribution in [0.1, 0.15) is 37.8 Å². The molecular formula is C13H18N4S. The van der Waals surface area contributed by atoms with Crippen LogP contribution < -0.4 is 5.32 Å². The zero-order chi connectivity index (χ0) is 12.8. The van der Waals surface area contributed by atoms with Crippen LogP contribution in [-0.4, -0.2) is 27.5 Å². The van der Waals surface area contributed by atoms with Crippen molar-refractivity contribution in [2.45, 2.75) is 36.9 Å². The van der Waals surface area contributed by atoms with Gasteiger partial charge in [0.15, 0.2) is 0 Å². The molecule has 0 atom stereocenters. The zero-order valence-corrected chi connectivity index (χ0v) is 11.5. The number of aromatic nitrogens is 2. The van der Waals surface area contributed by atoms with E-state index in [9.17, 15) is 0 Å². The Morgan fingerprint density at radius 1 is 1.44 bits per heavy atom. The van der Waals surface area contributed by atoms with Crippen LogP contribution in [0.15, 0.2) is 12.3 Å². The summed E-state index contributed by atoms with van der Waals surface area (Å²) >= 11 is 1.94. The van der Waals surface area contributed by atoms with Crippen molar-refractivity contribution in [1.29, 1.82) is 5.26 Å². The van der Waals surface area contributed by atoms with E-state index in [1.807, 2.05) is 17.8 Å². The first-order valence-corrected chi connectivity index (χ1v) is 7.53. The number of hydrogen-bond donors (Lipinski definition) is 1. The highest BCUT2D eigenvalue weighted by atomic mass is 32.2. The van der Waals surface area contributed by atoms with Gasteiger partial charge in [0.2, 0.25) is 5.95 Å². The first-order valence-electron chi connectivity index (χ1n) is 6.30. The molecule has 0 unspecified atom stereocenters. The molecule has 1 aliphatic carbocycles. The third kappa shape index (κ3) is 3.14. The van der Waals surface area contributed by atoms with Crippen LogP contribution in [0.2, 0.25) is 0 Å². The number of hydrogen-bond acceptors (Lipinski definition) is 5. The lowest BCUT2D eigenvalue weighted by Crippen LogP contribution is -2.35. The topological polar surface area (TPSA) is 61.6 Å². The lowest BCUT2D eigenvalue weighted by atomic mass is 9.88. The summed E-state index contributed by atoms with van der Waals surface area (Å²) in [6, 6.07) is 3.65. The molecule has 18 heavy (non-hydrogen) atoms. The molecule has 0 saturated heterocycles. The fourth-order valence-electron chi connectivity index (χ4n) is 2.40. The Balaban J connectivity index is 1.99. The maximum Gasteiger partial charge on any atom is 0.223 e. The summed E-state index contributed by atoms with van der Waals surface area (Å²) in [6.45, 7) is 0.878. The number of rotatable bonds is 4. The normalized spacial score (nSPS) is 18.0. The molecule has 1 aromatic heterocycles. The Morgan fingerprint density at radius 3 is 2.89 bits per heavy atom. The van der Waals surface area contributed by atoms with E-state index >= 15 is 0 Å². The second-order valence-corrected chi connectivity index (χ2v) is 5.95. The van der Waals surface area contributed by atoms with Crippen LogP contribution in [0.25, 0.3) is 0 Å². The van der Waals surface area contributed by atoms with E-state index in [1.165, 1.54) is 32.1 Å². The Labute approximate surface area is 112 Å². The quantitative estimate of drug-likeness (QED) is 0.904. The number of nitrogens with one attached hydrogen (secondary N) is 1. The molecule has 1 N–H and O–H groups in total. The molecule has 0 spiro atoms. The van der Waals surface area contributed by atoms with Gasteiger partial charge in [0.25, 0.3) is 0 Å². The smallest absolute Gasteiger partial charge is 0.223 e. The minimum Gasteiger partial charge on any atom is -0.353 e. The van der Waals surface area contributed by atoms with Crippen molar-refractivity contribution >= 4 is 17.7 Å². The van der Waals surface area contributed by atoms with Crippen LogP contribution >= 0.6 is 11.8 Å². The van der Waals surface area contributed by atoms with Crippen molar-refractivity contribution in [3.63, 3.8) is 0 Å². The third-order valence-corrected chi connectivity index (χ3v) is 4.96. The fourth-order valence-corrected chi connectivity index (χ4v) is 3.31. The van der Waals surface area contributed by atoms with Crippen LogP contribution in [-0.2, 0) is 0 Å². The van der Waals surface area contributed by atoms with E-state index in [4.69, 9.17) is 5.26 Å². The summed E-state index contributed by atoms with van der Waals surface area (Å²) in [4.78, 5) is 8.30. The van der Waals surface area contributed by atoms with Gasteiger partial charge in [0.1, 0.15) is 11.8 Å². The number of nitrogens with zero attached hydrogens (tertiary/aromatic N) is 3. The first-order chi connectivity index (χ1) is 8.78. The first kappa shape index (κ1) is 13.2. The largest absolute Gasteiger partial charge is 0.353 e. The van der Waals surface area contributed by atoms with Gasteiger partial charge in [0.05, 0.1) is 0 Å². The standard InChI is InChI=1S/C13H18N4S/c1-18-13(6-3-2-4-7-13)10-16-12-15-8-5-11(9-14)17-12/h5,8H,2-4,6-7,10H2,1H3,(H,15,16,17). The number of thioether (sulfide) groups is 1. The van der Waals surface area contributed by atoms with Crippen LogP contribution in [0, 0.1) is 11.3 Å². The molecule has 0 bridgehead atoms. The zero-order valence-electron chi connectivity index (χ0n) is 10.6. The third-order valence-electron chi connectivity index (χ3n) is 3.54. The van der Waals surface area contributed by atoms with Gasteiger partial charge in [-0.25, -0.2) is 9.97 Å². The average Bonchev–Trinajstić information content (AvgIpc) is 2.46. The molecule has 0 aromatic carbocycles. The number of nitriles is 1. The van der Waals surface area contributed by atoms with Crippen LogP contribution in [0.3, 0.4) is 0 Å². The van der Waals surface area contributed by atoms with Gasteiger partial charge < -0.3 is 5.32 Å². The van der Waals surface area contributed by atoms with E-state index in [0.717, 1.165) is 6.54 Å². The van der Waals surface area contributed by atoms with Gasteiger partial charge in [0, 0.05) is 17.5 Å². The van der Waals surface area contributed by atoms with Crippen molar-refractivity contribution < 1.29 is 0 Å². The Bertz CT molecular complexity index is 435. The van der Waals surface area contributed by atoms with Crippen molar-refractivity contribution in [2.24, 2.45) is 0 Å². The van der Waals surface area contributed by atoms with Gasteiger partial charge in [-0.15, -0.1) is 0 Å². The molecule has 2 rings (SSSR count). The maximum atomic E-state index is 8.80. The number of anilines is 1. The monoisotopic (exact) mass is 262 g/mol. The summed E-state index contributed by atoms with van der Waals surface area (Å²) in [5.74, 6) is 0.563. The second kappa shape index (κ2) is 6.05. The van der Waals surface area contributed by atoms with Gasteiger partial charge in [-0.3, -0.25) is 0 Å². The SMILES string of the molecule is CSC1(CNc2nccc(C#N)n2)CCCCC1. The highest BCUT2D eigenvalue weighted by molar-refractivity contribution is 8.00. The lowest BCUT2D eigenvalue weighted by Gasteiger charge is -2.35. The summed E-state index contributed by atoms with van der Waals surface area (Å²) in [5, 5.41) is 12.1. The molecule has 4 nitrogen and oxygen atoms in total. The van der Waals surface area contributed by atoms with E-state index in [1.54, 1.807) is 12.3 Å². The molecule has 5 heteroatoms. The van der Waals surface area contributed by atoms with Crippen LogP contribution in [0.4, 0.5) is 5.95 Å². The Morgan fingerprint density at radius 2 is 2.22 bits per heavy atom.